The van der Waals surface area contributed by atoms with Crippen molar-refractivity contribution >= 4 is 33.7 Å². The van der Waals surface area contributed by atoms with E-state index in [9.17, 15) is 14.7 Å². The molecule has 0 aromatic heterocycles. The summed E-state index contributed by atoms with van der Waals surface area (Å²) >= 11 is 0. The van der Waals surface area contributed by atoms with E-state index >= 15 is 0 Å². The second kappa shape index (κ2) is 8.19. The zero-order valence-electron chi connectivity index (χ0n) is 17.2. The van der Waals surface area contributed by atoms with Gasteiger partial charge in [-0.25, -0.2) is 9.59 Å². The first kappa shape index (κ1) is 21.1. The molecule has 7 heteroatoms. The van der Waals surface area contributed by atoms with Gasteiger partial charge in [-0.15, -0.1) is 0 Å². The van der Waals surface area contributed by atoms with Crippen molar-refractivity contribution in [3.63, 3.8) is 0 Å². The molecule has 0 radical (unpaired) electrons. The molecule has 1 aliphatic heterocycles. The lowest BCUT2D eigenvalue weighted by Crippen LogP contribution is -2.43. The maximum absolute atomic E-state index is 12.6. The molecule has 2 atom stereocenters. The average molecular weight is 444 g/mol. The molecule has 0 spiro atoms. The van der Waals surface area contributed by atoms with Gasteiger partial charge in [-0.3, -0.25) is 4.90 Å². The molecule has 2 aromatic rings. The molecule has 4 rings (SSSR count). The number of carboxylic acid groups (broad SMARTS) is 1. The van der Waals surface area contributed by atoms with Gasteiger partial charge >= 0.3 is 12.1 Å². The van der Waals surface area contributed by atoms with Crippen molar-refractivity contribution in [1.82, 2.24) is 4.90 Å². The Balaban J connectivity index is 1.57. The van der Waals surface area contributed by atoms with Crippen molar-refractivity contribution in [2.45, 2.75) is 50.1 Å². The summed E-state index contributed by atoms with van der Waals surface area (Å²) in [5.41, 5.74) is 4.64. The lowest BCUT2D eigenvalue weighted by molar-refractivity contribution is -0.142. The number of hydrogen-bond donors (Lipinski definition) is 1. The first-order valence-corrected chi connectivity index (χ1v) is 12.3. The number of amides is 1. The average Bonchev–Trinajstić information content (AvgIpc) is 3.17. The Bertz CT molecular complexity index is 926. The van der Waals surface area contributed by atoms with E-state index < -0.39 is 24.3 Å². The number of esters is 1. The predicted octanol–water partition coefficient (Wildman–Crippen LogP) is 5.60. The van der Waals surface area contributed by atoms with E-state index in [-0.39, 0.29) is 10.7 Å². The number of cyclic esters (lactones) is 1. The lowest BCUT2D eigenvalue weighted by Gasteiger charge is -2.26. The van der Waals surface area contributed by atoms with E-state index in [4.69, 9.17) is 4.74 Å². The number of benzene rings is 2. The first-order valence-electron chi connectivity index (χ1n) is 9.97. The Morgan fingerprint density at radius 3 is 2.17 bits per heavy atom. The van der Waals surface area contributed by atoms with Crippen LogP contribution in [-0.4, -0.2) is 44.8 Å². The maximum Gasteiger partial charge on any atom is 0.410 e. The molecule has 1 amide bonds. The van der Waals surface area contributed by atoms with Crippen molar-refractivity contribution in [3.05, 3.63) is 59.7 Å². The van der Waals surface area contributed by atoms with Crippen LogP contribution < -0.4 is 0 Å². The third-order valence-corrected chi connectivity index (χ3v) is 8.66. The fraction of sp³-hybridized carbons (Fsp3) is 0.391. The standard InChI is InChI=1S/C23H25NO4S2/c1-23(2,3)30-29-13-19-21(25)28-20(24(19)22(26)27)12-18-16-10-6-4-8-14(16)15-9-5-7-11-17(15)18/h4-11,18-20H,12-13H2,1-3H3,(H,26,27)/t19-,20?/m0/s1. The third kappa shape index (κ3) is 4.05. The number of ether oxygens (including phenoxy) is 1. The first-order chi connectivity index (χ1) is 14.3. The number of fused-ring (bicyclic) bond motifs is 3. The van der Waals surface area contributed by atoms with Crippen LogP contribution in [0.1, 0.15) is 44.2 Å². The minimum absolute atomic E-state index is 0.00703. The number of nitrogens with zero attached hydrogens (tertiary/aromatic N) is 1. The van der Waals surface area contributed by atoms with Crippen LogP contribution in [0, 0.1) is 0 Å². The summed E-state index contributed by atoms with van der Waals surface area (Å²) in [6, 6.07) is 15.6. The summed E-state index contributed by atoms with van der Waals surface area (Å²) in [7, 11) is 3.16. The zero-order valence-corrected chi connectivity index (χ0v) is 18.8. The van der Waals surface area contributed by atoms with Gasteiger partial charge in [0.25, 0.3) is 0 Å². The highest BCUT2D eigenvalue weighted by molar-refractivity contribution is 8.77. The molecule has 0 saturated carbocycles. The molecule has 158 valence electrons. The summed E-state index contributed by atoms with van der Waals surface area (Å²) in [4.78, 5) is 25.9. The number of carbonyl (C=O) groups is 2. The minimum Gasteiger partial charge on any atom is -0.465 e. The SMILES string of the molecule is CC(C)(C)SSC[C@H]1C(=O)OC(CC2c3ccccc3-c3ccccc32)N1C(=O)O. The van der Waals surface area contributed by atoms with Crippen molar-refractivity contribution < 1.29 is 19.4 Å². The monoisotopic (exact) mass is 443 g/mol. The van der Waals surface area contributed by atoms with Crippen LogP contribution in [-0.2, 0) is 9.53 Å². The summed E-state index contributed by atoms with van der Waals surface area (Å²) in [6.45, 7) is 6.26. The van der Waals surface area contributed by atoms with Gasteiger partial charge in [-0.1, -0.05) is 90.9 Å². The molecule has 1 aliphatic carbocycles. The Labute approximate surface area is 184 Å². The summed E-state index contributed by atoms with van der Waals surface area (Å²) in [5.74, 6) is -0.0853. The highest BCUT2D eigenvalue weighted by Gasteiger charge is 2.47. The van der Waals surface area contributed by atoms with Crippen molar-refractivity contribution in [2.24, 2.45) is 0 Å². The molecule has 1 saturated heterocycles. The van der Waals surface area contributed by atoms with E-state index in [2.05, 4.69) is 45.0 Å². The lowest BCUT2D eigenvalue weighted by atomic mass is 9.92. The van der Waals surface area contributed by atoms with Crippen molar-refractivity contribution in [1.29, 1.82) is 0 Å². The third-order valence-electron chi connectivity index (χ3n) is 5.33. The van der Waals surface area contributed by atoms with E-state index in [1.54, 1.807) is 10.8 Å². The summed E-state index contributed by atoms with van der Waals surface area (Å²) in [6.07, 6.45) is -1.49. The van der Waals surface area contributed by atoms with E-state index in [1.807, 2.05) is 24.3 Å². The van der Waals surface area contributed by atoms with E-state index in [1.165, 1.54) is 15.7 Å². The summed E-state index contributed by atoms with van der Waals surface area (Å²) in [5, 5.41) is 9.87. The van der Waals surface area contributed by atoms with Crippen LogP contribution >= 0.6 is 21.6 Å². The Morgan fingerprint density at radius 2 is 1.63 bits per heavy atom. The molecule has 2 aliphatic rings. The van der Waals surface area contributed by atoms with Crippen LogP contribution in [0.2, 0.25) is 0 Å². The van der Waals surface area contributed by atoms with Gasteiger partial charge in [0, 0.05) is 22.8 Å². The molecule has 30 heavy (non-hydrogen) atoms. The highest BCUT2D eigenvalue weighted by atomic mass is 33.1. The second-order valence-electron chi connectivity index (χ2n) is 8.54. The maximum atomic E-state index is 12.6. The summed E-state index contributed by atoms with van der Waals surface area (Å²) < 4.78 is 5.63. The molecular formula is C23H25NO4S2. The van der Waals surface area contributed by atoms with Crippen LogP contribution in [0.5, 0.6) is 0 Å². The van der Waals surface area contributed by atoms with Crippen LogP contribution in [0.25, 0.3) is 11.1 Å². The predicted molar refractivity (Wildman–Crippen MR) is 122 cm³/mol. The second-order valence-corrected chi connectivity index (χ2v) is 11.7. The molecule has 5 nitrogen and oxygen atoms in total. The van der Waals surface area contributed by atoms with Crippen LogP contribution in [0.3, 0.4) is 0 Å². The van der Waals surface area contributed by atoms with E-state index in [0.717, 1.165) is 22.3 Å². The van der Waals surface area contributed by atoms with Gasteiger partial charge in [-0.05, 0) is 22.3 Å². The van der Waals surface area contributed by atoms with Gasteiger partial charge in [-0.2, -0.15) is 0 Å². The normalized spacial score (nSPS) is 20.8. The number of carbonyl (C=O) groups excluding carboxylic acids is 1. The Kier molecular flexibility index (Phi) is 5.77. The zero-order chi connectivity index (χ0) is 21.5. The Morgan fingerprint density at radius 1 is 1.07 bits per heavy atom. The van der Waals surface area contributed by atoms with Crippen LogP contribution in [0.15, 0.2) is 48.5 Å². The van der Waals surface area contributed by atoms with E-state index in [0.29, 0.717) is 12.2 Å². The Hall–Kier alpha value is -2.12. The van der Waals surface area contributed by atoms with Gasteiger partial charge < -0.3 is 9.84 Å². The topological polar surface area (TPSA) is 66.8 Å². The minimum atomic E-state index is -1.11. The molecular weight excluding hydrogens is 418 g/mol. The molecule has 2 aromatic carbocycles. The fourth-order valence-electron chi connectivity index (χ4n) is 4.14. The molecule has 1 fully saturated rings. The number of hydrogen-bond acceptors (Lipinski definition) is 5. The molecule has 1 N–H and O–H groups in total. The quantitative estimate of drug-likeness (QED) is 0.479. The van der Waals surface area contributed by atoms with Crippen LogP contribution in [0.4, 0.5) is 4.79 Å². The number of rotatable bonds is 5. The molecule has 1 heterocycles. The fourth-order valence-corrected chi connectivity index (χ4v) is 6.64. The molecule has 1 unspecified atom stereocenters. The van der Waals surface area contributed by atoms with Crippen molar-refractivity contribution in [3.8, 4) is 11.1 Å². The van der Waals surface area contributed by atoms with Gasteiger partial charge in [0.2, 0.25) is 0 Å². The molecule has 0 bridgehead atoms. The largest absolute Gasteiger partial charge is 0.465 e. The van der Waals surface area contributed by atoms with Crippen molar-refractivity contribution in [2.75, 3.05) is 5.75 Å². The van der Waals surface area contributed by atoms with Gasteiger partial charge in [0.15, 0.2) is 6.23 Å². The van der Waals surface area contributed by atoms with Gasteiger partial charge in [0.1, 0.15) is 6.04 Å². The van der Waals surface area contributed by atoms with Gasteiger partial charge in [0.05, 0.1) is 0 Å². The highest BCUT2D eigenvalue weighted by Crippen LogP contribution is 2.48. The smallest absolute Gasteiger partial charge is 0.410 e.